The predicted octanol–water partition coefficient (Wildman–Crippen LogP) is 5.35. The largest absolute Gasteiger partial charge is 0.385 e. The van der Waals surface area contributed by atoms with Crippen LogP contribution < -0.4 is 36.0 Å². The van der Waals surface area contributed by atoms with Gasteiger partial charge < -0.3 is 40.8 Å². The molecule has 1 atom stereocenters. The van der Waals surface area contributed by atoms with Crippen LogP contribution in [0.15, 0.2) is 85.0 Å². The van der Waals surface area contributed by atoms with Crippen LogP contribution in [0.4, 0.5) is 28.6 Å². The highest BCUT2D eigenvalue weighted by Gasteiger charge is 2.25. The predicted molar refractivity (Wildman–Crippen MR) is 230 cm³/mol. The van der Waals surface area contributed by atoms with Crippen molar-refractivity contribution in [1.29, 1.82) is 0 Å². The molecule has 2 heterocycles. The smallest absolute Gasteiger partial charge is 0.251 e. The van der Waals surface area contributed by atoms with E-state index in [1.807, 2.05) is 53.4 Å². The zero-order chi connectivity index (χ0) is 41.9. The van der Waals surface area contributed by atoms with Crippen molar-refractivity contribution in [2.75, 3.05) is 67.1 Å². The molecule has 0 saturated heterocycles. The Balaban J connectivity index is 1.15. The van der Waals surface area contributed by atoms with Gasteiger partial charge in [0.05, 0.1) is 22.8 Å². The third kappa shape index (κ3) is 12.5. The van der Waals surface area contributed by atoms with Crippen LogP contribution in [0.1, 0.15) is 67.3 Å². The van der Waals surface area contributed by atoms with Crippen molar-refractivity contribution in [2.45, 2.75) is 63.8 Å². The van der Waals surface area contributed by atoms with E-state index in [9.17, 15) is 24.0 Å². The lowest BCUT2D eigenvalue weighted by Crippen LogP contribution is -2.44. The number of fused-ring (bicyclic) bond motifs is 1. The third-order valence-electron chi connectivity index (χ3n) is 9.86. The number of aldehydes is 2. The molecule has 0 spiro atoms. The van der Waals surface area contributed by atoms with Crippen molar-refractivity contribution in [1.82, 2.24) is 25.2 Å². The number of aryl methyl sites for hydroxylation is 1. The lowest BCUT2D eigenvalue weighted by atomic mass is 10.0. The van der Waals surface area contributed by atoms with Crippen LogP contribution >= 0.6 is 0 Å². The van der Waals surface area contributed by atoms with Crippen LogP contribution in [-0.4, -0.2) is 93.2 Å². The topological polar surface area (TPSA) is 173 Å². The van der Waals surface area contributed by atoms with Gasteiger partial charge in [-0.25, -0.2) is 9.50 Å². The maximum absolute atomic E-state index is 12.8. The minimum absolute atomic E-state index is 0.111. The molecule has 3 amide bonds. The van der Waals surface area contributed by atoms with Crippen LogP contribution in [0.2, 0.25) is 0 Å². The van der Waals surface area contributed by atoms with Gasteiger partial charge in [-0.3, -0.25) is 19.2 Å². The Hall–Kier alpha value is -6.51. The average Bonchev–Trinajstić information content (AvgIpc) is 3.73. The van der Waals surface area contributed by atoms with E-state index in [2.05, 4.69) is 31.3 Å². The summed E-state index contributed by atoms with van der Waals surface area (Å²) < 4.78 is 1.63. The monoisotopic (exact) mass is 792 g/mol. The minimum atomic E-state index is -0.540. The molecule has 0 fully saturated rings. The number of allylic oxidation sites excluding steroid dienone is 3. The second-order valence-corrected chi connectivity index (χ2v) is 13.9. The first-order chi connectivity index (χ1) is 28.1. The first kappa shape index (κ1) is 44.2. The van der Waals surface area contributed by atoms with Gasteiger partial charge in [-0.2, -0.15) is 0 Å². The highest BCUT2D eigenvalue weighted by molar-refractivity contribution is 5.94. The Morgan fingerprint density at radius 3 is 2.31 bits per heavy atom. The first-order valence-electron chi connectivity index (χ1n) is 19.6. The van der Waals surface area contributed by atoms with E-state index < -0.39 is 6.04 Å². The molecule has 4 rings (SSSR count). The van der Waals surface area contributed by atoms with Crippen LogP contribution in [0.25, 0.3) is 5.65 Å². The molecule has 0 radical (unpaired) electrons. The Morgan fingerprint density at radius 2 is 1.62 bits per heavy atom. The normalized spacial score (nSPS) is 11.8. The molecule has 15 nitrogen and oxygen atoms in total. The number of carbonyl (C=O) groups is 5. The maximum Gasteiger partial charge on any atom is 0.251 e. The summed E-state index contributed by atoms with van der Waals surface area (Å²) in [4.78, 5) is 69.3. The van der Waals surface area contributed by atoms with Crippen molar-refractivity contribution >= 4 is 65.0 Å². The molecule has 2 aromatic heterocycles. The van der Waals surface area contributed by atoms with Gasteiger partial charge in [-0.1, -0.05) is 31.7 Å². The standard InChI is InChI=1S/C43H56N10O5/c1-44-36-29-40(49-53-26-24-46-41(36)53)48-34(30-55)15-12-25-50(3)35-20-18-33(19-21-35)42(57)47-23-11-9-7-6-8-10-14-32-17-22-37(39(28-32)51(4)31-56)52(5)38(16-13-27-54)43(58)45-2/h12,15,17-22,24-31,38,44H,6-11,13-14,16,23H2,1-5H3,(H,45,58)(H,47,57)(H,48,49)/b25-12-,34-15+. The molecule has 2 aromatic carbocycles. The molecule has 15 heteroatoms. The quantitative estimate of drug-likeness (QED) is 0.0295. The number of nitrogens with zero attached hydrogens (tertiary/aromatic N) is 6. The van der Waals surface area contributed by atoms with E-state index in [0.717, 1.165) is 86.6 Å². The van der Waals surface area contributed by atoms with E-state index >= 15 is 0 Å². The Morgan fingerprint density at radius 1 is 0.879 bits per heavy atom. The second kappa shape index (κ2) is 22.9. The van der Waals surface area contributed by atoms with Gasteiger partial charge >= 0.3 is 0 Å². The summed E-state index contributed by atoms with van der Waals surface area (Å²) in [6.45, 7) is 0.606. The number of likely N-dealkylation sites (N-methyl/N-ethyl adjacent to an activating group) is 2. The van der Waals surface area contributed by atoms with Gasteiger partial charge in [0.15, 0.2) is 17.8 Å². The van der Waals surface area contributed by atoms with Crippen molar-refractivity contribution < 1.29 is 24.0 Å². The highest BCUT2D eigenvalue weighted by Crippen LogP contribution is 2.31. The van der Waals surface area contributed by atoms with E-state index in [0.29, 0.717) is 41.4 Å². The summed E-state index contributed by atoms with van der Waals surface area (Å²) >= 11 is 0. The lowest BCUT2D eigenvalue weighted by Gasteiger charge is -2.31. The second-order valence-electron chi connectivity index (χ2n) is 13.9. The average molecular weight is 793 g/mol. The molecule has 4 aromatic rings. The zero-order valence-electron chi connectivity index (χ0n) is 34.1. The summed E-state index contributed by atoms with van der Waals surface area (Å²) in [7, 11) is 8.75. The van der Waals surface area contributed by atoms with E-state index in [-0.39, 0.29) is 18.2 Å². The van der Waals surface area contributed by atoms with Crippen LogP contribution in [0.3, 0.4) is 0 Å². The Bertz CT molecular complexity index is 2040. The summed E-state index contributed by atoms with van der Waals surface area (Å²) in [6.07, 6.45) is 18.5. The lowest BCUT2D eigenvalue weighted by molar-refractivity contribution is -0.122. The summed E-state index contributed by atoms with van der Waals surface area (Å²) in [5.74, 6) is 0.194. The number of nitrogens with one attached hydrogen (secondary N) is 4. The van der Waals surface area contributed by atoms with Crippen LogP contribution in [0, 0.1) is 0 Å². The van der Waals surface area contributed by atoms with Crippen molar-refractivity contribution in [3.05, 3.63) is 96.1 Å². The van der Waals surface area contributed by atoms with Gasteiger partial charge in [-0.15, -0.1) is 5.10 Å². The van der Waals surface area contributed by atoms with Gasteiger partial charge in [0, 0.05) is 84.1 Å². The van der Waals surface area contributed by atoms with Crippen molar-refractivity contribution in [3.63, 3.8) is 0 Å². The first-order valence-corrected chi connectivity index (χ1v) is 19.6. The molecular formula is C43H56N10O5. The Labute approximate surface area is 340 Å². The summed E-state index contributed by atoms with van der Waals surface area (Å²) in [6, 6.07) is 14.6. The SMILES string of the molecule is CNC(=O)C(CCC=O)N(C)c1ccc(CCCCCCCCNC(=O)c2ccc(N(C)/C=C\C=C(/C=O)Nc3cc(NC)c4nccn4n3)cc2)cc1N(C)C=O. The number of anilines is 5. The van der Waals surface area contributed by atoms with Gasteiger partial charge in [0.25, 0.3) is 5.91 Å². The number of unbranched alkanes of at least 4 members (excludes halogenated alkanes) is 5. The van der Waals surface area contributed by atoms with E-state index in [1.54, 1.807) is 75.5 Å². The van der Waals surface area contributed by atoms with E-state index in [1.165, 1.54) is 4.90 Å². The highest BCUT2D eigenvalue weighted by atomic mass is 16.2. The molecule has 0 aliphatic carbocycles. The molecular weight excluding hydrogens is 737 g/mol. The molecule has 4 N–H and O–H groups in total. The Kier molecular flexibility index (Phi) is 17.5. The number of carbonyl (C=O) groups excluding carboxylic acids is 5. The summed E-state index contributed by atoms with van der Waals surface area (Å²) in [5, 5.41) is 16.2. The fourth-order valence-electron chi connectivity index (χ4n) is 6.52. The number of benzene rings is 2. The minimum Gasteiger partial charge on any atom is -0.385 e. The zero-order valence-corrected chi connectivity index (χ0v) is 34.1. The number of amides is 3. The molecule has 308 valence electrons. The molecule has 0 saturated carbocycles. The maximum atomic E-state index is 12.8. The number of hydrogen-bond donors (Lipinski definition) is 4. The molecule has 1 unspecified atom stereocenters. The third-order valence-corrected chi connectivity index (χ3v) is 9.86. The molecule has 0 bridgehead atoms. The number of imidazole rings is 1. The fraction of sp³-hybridized carbons (Fsp3) is 0.372. The van der Waals surface area contributed by atoms with Crippen LogP contribution in [-0.2, 0) is 25.6 Å². The van der Waals surface area contributed by atoms with E-state index in [4.69, 9.17) is 0 Å². The fourth-order valence-corrected chi connectivity index (χ4v) is 6.52. The van der Waals surface area contributed by atoms with Gasteiger partial charge in [-0.05, 0) is 79.8 Å². The molecule has 0 aliphatic heterocycles. The van der Waals surface area contributed by atoms with Gasteiger partial charge in [0.2, 0.25) is 12.3 Å². The number of hydrogen-bond acceptors (Lipinski definition) is 11. The summed E-state index contributed by atoms with van der Waals surface area (Å²) in [5.41, 5.74) is 5.82. The number of aromatic nitrogens is 3. The van der Waals surface area contributed by atoms with Crippen molar-refractivity contribution in [3.8, 4) is 0 Å². The molecule has 58 heavy (non-hydrogen) atoms. The van der Waals surface area contributed by atoms with Crippen LogP contribution in [0.5, 0.6) is 0 Å². The number of rotatable bonds is 25. The van der Waals surface area contributed by atoms with Gasteiger partial charge in [0.1, 0.15) is 12.3 Å². The molecule has 0 aliphatic rings. The van der Waals surface area contributed by atoms with Crippen molar-refractivity contribution in [2.24, 2.45) is 0 Å².